The van der Waals surface area contributed by atoms with Crippen molar-refractivity contribution in [1.29, 1.82) is 0 Å². The fourth-order valence-electron chi connectivity index (χ4n) is 8.53. The van der Waals surface area contributed by atoms with Crippen LogP contribution >= 0.6 is 0 Å². The topological polar surface area (TPSA) is 78.9 Å². The van der Waals surface area contributed by atoms with Gasteiger partial charge in [-0.05, 0) is 116 Å². The van der Waals surface area contributed by atoms with Gasteiger partial charge in [0.1, 0.15) is 13.2 Å². The van der Waals surface area contributed by atoms with Crippen molar-refractivity contribution >= 4 is 17.9 Å². The molecule has 0 aliphatic carbocycles. The third kappa shape index (κ3) is 57.6. The molecular formula is C65H114O6. The monoisotopic (exact) mass is 991 g/mol. The Hall–Kier alpha value is -3.15. The van der Waals surface area contributed by atoms with Gasteiger partial charge in [0.2, 0.25) is 0 Å². The minimum atomic E-state index is -0.786. The van der Waals surface area contributed by atoms with Gasteiger partial charge < -0.3 is 14.2 Å². The fraction of sp³-hybridized carbons (Fsp3) is 0.769. The van der Waals surface area contributed by atoms with Gasteiger partial charge in [-0.1, -0.05) is 241 Å². The molecule has 0 amide bonds. The maximum atomic E-state index is 12.9. The molecule has 0 aliphatic heterocycles. The van der Waals surface area contributed by atoms with E-state index in [-0.39, 0.29) is 31.1 Å². The van der Waals surface area contributed by atoms with Gasteiger partial charge in [-0.25, -0.2) is 0 Å². The SMILES string of the molecule is CCCCC/C=C\C/C=C\CCCCCCCCCCCC(=O)OC[C@@H](COC(=O)CCCCCCCCC/C=C\C/C=C\CCCCC)OC(=O)CCCCCCCCC/C=C\C/C=C\CCCCC. The molecule has 0 aromatic carbocycles. The molecule has 0 saturated carbocycles. The van der Waals surface area contributed by atoms with Crippen molar-refractivity contribution in [3.8, 4) is 0 Å². The van der Waals surface area contributed by atoms with Crippen LogP contribution in [-0.4, -0.2) is 37.2 Å². The summed E-state index contributed by atoms with van der Waals surface area (Å²) in [6, 6.07) is 0. The Morgan fingerprint density at radius 1 is 0.282 bits per heavy atom. The van der Waals surface area contributed by atoms with Crippen LogP contribution in [0.2, 0.25) is 0 Å². The lowest BCUT2D eigenvalue weighted by Gasteiger charge is -2.18. The number of rotatable bonds is 55. The standard InChI is InChI=1S/C65H114O6/c1-4-7-10-13-16-19-22-25-28-31-32-35-37-40-43-46-49-52-55-58-64(67)70-61-62(71-65(68)59-56-53-50-47-44-41-38-34-30-27-24-21-18-15-12-9-6-3)60-69-63(66)57-54-51-48-45-42-39-36-33-29-26-23-20-17-14-11-8-5-2/h16-21,25-30,62H,4-15,22-24,31-61H2,1-3H3/b19-16-,20-17-,21-18-,28-25-,29-26-,30-27-/t62-/m1/s1. The summed E-state index contributed by atoms with van der Waals surface area (Å²) in [5, 5.41) is 0. The molecule has 0 aromatic rings. The van der Waals surface area contributed by atoms with E-state index in [0.717, 1.165) is 89.9 Å². The summed E-state index contributed by atoms with van der Waals surface area (Å²) in [6.07, 6.45) is 76.0. The zero-order valence-electron chi connectivity index (χ0n) is 47.0. The molecular weight excluding hydrogens is 877 g/mol. The van der Waals surface area contributed by atoms with Crippen LogP contribution in [0.25, 0.3) is 0 Å². The first kappa shape index (κ1) is 67.8. The minimum Gasteiger partial charge on any atom is -0.462 e. The Labute approximate surface area is 440 Å². The molecule has 0 aliphatic rings. The van der Waals surface area contributed by atoms with E-state index in [0.29, 0.717) is 19.3 Å². The van der Waals surface area contributed by atoms with E-state index in [1.54, 1.807) is 0 Å². The average molecular weight is 992 g/mol. The lowest BCUT2D eigenvalue weighted by molar-refractivity contribution is -0.167. The highest BCUT2D eigenvalue weighted by atomic mass is 16.6. The minimum absolute atomic E-state index is 0.0826. The molecule has 0 heterocycles. The van der Waals surface area contributed by atoms with Gasteiger partial charge >= 0.3 is 17.9 Å². The lowest BCUT2D eigenvalue weighted by atomic mass is 10.1. The van der Waals surface area contributed by atoms with Gasteiger partial charge in [0.25, 0.3) is 0 Å². The van der Waals surface area contributed by atoms with Gasteiger partial charge in [0.05, 0.1) is 0 Å². The van der Waals surface area contributed by atoms with Crippen LogP contribution < -0.4 is 0 Å². The van der Waals surface area contributed by atoms with Crippen LogP contribution in [0, 0.1) is 0 Å². The first-order valence-electron chi connectivity index (χ1n) is 30.4. The summed E-state index contributed by atoms with van der Waals surface area (Å²) < 4.78 is 16.9. The Bertz CT molecular complexity index is 1320. The molecule has 0 radical (unpaired) electrons. The fourth-order valence-corrected chi connectivity index (χ4v) is 8.53. The molecule has 0 rings (SSSR count). The molecule has 0 unspecified atom stereocenters. The highest BCUT2D eigenvalue weighted by Crippen LogP contribution is 2.15. The number of hydrogen-bond donors (Lipinski definition) is 0. The molecule has 0 aromatic heterocycles. The van der Waals surface area contributed by atoms with Crippen molar-refractivity contribution in [2.75, 3.05) is 13.2 Å². The molecule has 0 N–H and O–H groups in total. The van der Waals surface area contributed by atoms with E-state index in [1.165, 1.54) is 173 Å². The summed E-state index contributed by atoms with van der Waals surface area (Å²) >= 11 is 0. The second-order valence-corrected chi connectivity index (χ2v) is 20.2. The highest BCUT2D eigenvalue weighted by Gasteiger charge is 2.19. The maximum absolute atomic E-state index is 12.9. The molecule has 71 heavy (non-hydrogen) atoms. The third-order valence-electron chi connectivity index (χ3n) is 13.2. The predicted molar refractivity (Wildman–Crippen MR) is 307 cm³/mol. The lowest BCUT2D eigenvalue weighted by Crippen LogP contribution is -2.30. The van der Waals surface area contributed by atoms with Gasteiger partial charge in [-0.15, -0.1) is 0 Å². The molecule has 410 valence electrons. The Kier molecular flexibility index (Phi) is 56.8. The number of esters is 3. The quantitative estimate of drug-likeness (QED) is 0.0261. The molecule has 1 atom stereocenters. The van der Waals surface area contributed by atoms with Crippen molar-refractivity contribution in [3.63, 3.8) is 0 Å². The van der Waals surface area contributed by atoms with E-state index in [2.05, 4.69) is 93.7 Å². The second kappa shape index (κ2) is 59.4. The third-order valence-corrected chi connectivity index (χ3v) is 13.2. The van der Waals surface area contributed by atoms with E-state index >= 15 is 0 Å². The van der Waals surface area contributed by atoms with Crippen molar-refractivity contribution < 1.29 is 28.6 Å². The summed E-state index contributed by atoms with van der Waals surface area (Å²) in [4.78, 5) is 38.3. The van der Waals surface area contributed by atoms with Crippen LogP contribution in [0.3, 0.4) is 0 Å². The number of ether oxygens (including phenoxy) is 3. The van der Waals surface area contributed by atoms with E-state index < -0.39 is 6.10 Å². The van der Waals surface area contributed by atoms with Crippen LogP contribution in [0.15, 0.2) is 72.9 Å². The smallest absolute Gasteiger partial charge is 0.306 e. The predicted octanol–water partition coefficient (Wildman–Crippen LogP) is 20.5. The number of allylic oxidation sites excluding steroid dienone is 12. The van der Waals surface area contributed by atoms with Crippen LogP contribution in [0.1, 0.15) is 303 Å². The number of carbonyl (C=O) groups is 3. The van der Waals surface area contributed by atoms with E-state index in [4.69, 9.17) is 14.2 Å². The van der Waals surface area contributed by atoms with E-state index in [9.17, 15) is 14.4 Å². The van der Waals surface area contributed by atoms with Gasteiger partial charge in [0.15, 0.2) is 6.10 Å². The number of hydrogen-bond acceptors (Lipinski definition) is 6. The Morgan fingerprint density at radius 3 is 0.775 bits per heavy atom. The van der Waals surface area contributed by atoms with Crippen molar-refractivity contribution in [2.45, 2.75) is 309 Å². The zero-order chi connectivity index (χ0) is 51.4. The molecule has 6 heteroatoms. The van der Waals surface area contributed by atoms with Crippen LogP contribution in [0.5, 0.6) is 0 Å². The first-order valence-corrected chi connectivity index (χ1v) is 30.4. The normalized spacial score (nSPS) is 12.5. The summed E-state index contributed by atoms with van der Waals surface area (Å²) in [5.41, 5.74) is 0. The summed E-state index contributed by atoms with van der Waals surface area (Å²) in [6.45, 7) is 6.58. The number of carbonyl (C=O) groups excluding carboxylic acids is 3. The van der Waals surface area contributed by atoms with Gasteiger partial charge in [0, 0.05) is 19.3 Å². The second-order valence-electron chi connectivity index (χ2n) is 20.2. The molecule has 0 spiro atoms. The first-order chi connectivity index (χ1) is 35.0. The molecule has 0 saturated heterocycles. The largest absolute Gasteiger partial charge is 0.462 e. The van der Waals surface area contributed by atoms with Crippen molar-refractivity contribution in [2.24, 2.45) is 0 Å². The molecule has 0 fully saturated rings. The van der Waals surface area contributed by atoms with Crippen molar-refractivity contribution in [1.82, 2.24) is 0 Å². The zero-order valence-corrected chi connectivity index (χ0v) is 47.0. The number of unbranched alkanes of at least 4 members (excludes halogenated alkanes) is 32. The Balaban J connectivity index is 4.40. The van der Waals surface area contributed by atoms with Crippen LogP contribution in [-0.2, 0) is 28.6 Å². The van der Waals surface area contributed by atoms with Crippen LogP contribution in [0.4, 0.5) is 0 Å². The van der Waals surface area contributed by atoms with Gasteiger partial charge in [-0.2, -0.15) is 0 Å². The molecule has 6 nitrogen and oxygen atoms in total. The molecule has 0 bridgehead atoms. The summed E-state index contributed by atoms with van der Waals surface area (Å²) in [7, 11) is 0. The summed E-state index contributed by atoms with van der Waals surface area (Å²) in [5.74, 6) is -0.891. The van der Waals surface area contributed by atoms with E-state index in [1.807, 2.05) is 0 Å². The van der Waals surface area contributed by atoms with Crippen molar-refractivity contribution in [3.05, 3.63) is 72.9 Å². The van der Waals surface area contributed by atoms with Gasteiger partial charge in [-0.3, -0.25) is 14.4 Å². The Morgan fingerprint density at radius 2 is 0.507 bits per heavy atom. The highest BCUT2D eigenvalue weighted by molar-refractivity contribution is 5.71. The average Bonchev–Trinajstić information content (AvgIpc) is 3.37. The maximum Gasteiger partial charge on any atom is 0.306 e.